The zero-order valence-corrected chi connectivity index (χ0v) is 18.0. The van der Waals surface area contributed by atoms with E-state index in [9.17, 15) is 9.18 Å². The molecule has 1 aliphatic heterocycles. The lowest BCUT2D eigenvalue weighted by Crippen LogP contribution is -2.38. The van der Waals surface area contributed by atoms with Gasteiger partial charge in [-0.15, -0.1) is 5.10 Å². The van der Waals surface area contributed by atoms with Crippen molar-refractivity contribution in [1.29, 1.82) is 0 Å². The van der Waals surface area contributed by atoms with E-state index in [0.717, 1.165) is 12.8 Å². The normalized spacial score (nSPS) is 14.4. The van der Waals surface area contributed by atoms with Gasteiger partial charge < -0.3 is 10.1 Å². The maximum absolute atomic E-state index is 14.4. The molecule has 33 heavy (non-hydrogen) atoms. The van der Waals surface area contributed by atoms with Crippen molar-refractivity contribution in [1.82, 2.24) is 34.8 Å². The lowest BCUT2D eigenvalue weighted by Gasteiger charge is -2.23. The number of amides is 1. The maximum atomic E-state index is 14.4. The molecule has 0 radical (unpaired) electrons. The van der Waals surface area contributed by atoms with Gasteiger partial charge in [0.15, 0.2) is 0 Å². The minimum absolute atomic E-state index is 0.123. The maximum Gasteiger partial charge on any atom is 0.253 e. The molecule has 3 aromatic heterocycles. The molecule has 5 rings (SSSR count). The van der Waals surface area contributed by atoms with Crippen molar-refractivity contribution in [3.05, 3.63) is 66.5 Å². The van der Waals surface area contributed by atoms with Gasteiger partial charge in [0.2, 0.25) is 0 Å². The van der Waals surface area contributed by atoms with Gasteiger partial charge in [0.25, 0.3) is 5.91 Å². The van der Waals surface area contributed by atoms with Crippen LogP contribution in [0.15, 0.2) is 55.1 Å². The fourth-order valence-corrected chi connectivity index (χ4v) is 3.83. The first-order chi connectivity index (χ1) is 16.1. The fraction of sp³-hybridized carbons (Fsp3) is 0.261. The van der Waals surface area contributed by atoms with Crippen LogP contribution in [-0.2, 0) is 11.8 Å². The number of halogens is 1. The van der Waals surface area contributed by atoms with Crippen LogP contribution in [0.4, 0.5) is 4.39 Å². The quantitative estimate of drug-likeness (QED) is 0.505. The molecule has 168 valence electrons. The molecule has 1 saturated heterocycles. The molecule has 10 heteroatoms. The Bertz CT molecular complexity index is 1280. The van der Waals surface area contributed by atoms with E-state index in [0.29, 0.717) is 47.2 Å². The molecule has 1 aliphatic rings. The topological polar surface area (TPSA) is 99.8 Å². The van der Waals surface area contributed by atoms with Crippen LogP contribution in [0.2, 0.25) is 0 Å². The van der Waals surface area contributed by atoms with E-state index >= 15 is 0 Å². The smallest absolute Gasteiger partial charge is 0.253 e. The van der Waals surface area contributed by atoms with Crippen molar-refractivity contribution >= 4 is 5.91 Å². The second-order valence-corrected chi connectivity index (χ2v) is 7.82. The Labute approximate surface area is 189 Å². The molecular formula is C23H22FN7O2. The standard InChI is InChI=1S/C23H22FN7O2/c1-30-22(21(28-29-30)17-4-2-3-5-18(17)24)19-13-31(14-26-19)20-7-6-15(12-25-20)23(32)27-16-8-10-33-11-9-16/h2-7,12-14,16H,8-11H2,1H3,(H,27,32). The summed E-state index contributed by atoms with van der Waals surface area (Å²) in [7, 11) is 1.73. The van der Waals surface area contributed by atoms with E-state index in [2.05, 4.69) is 25.6 Å². The summed E-state index contributed by atoms with van der Waals surface area (Å²) in [5, 5.41) is 11.2. The van der Waals surface area contributed by atoms with Gasteiger partial charge in [-0.1, -0.05) is 17.3 Å². The number of carbonyl (C=O) groups is 1. The number of hydrogen-bond acceptors (Lipinski definition) is 6. The number of rotatable bonds is 5. The van der Waals surface area contributed by atoms with Crippen LogP contribution < -0.4 is 5.32 Å². The van der Waals surface area contributed by atoms with Gasteiger partial charge in [-0.25, -0.2) is 19.0 Å². The molecule has 0 bridgehead atoms. The zero-order valence-electron chi connectivity index (χ0n) is 18.0. The average Bonchev–Trinajstić information content (AvgIpc) is 3.47. The first-order valence-corrected chi connectivity index (χ1v) is 10.6. The Morgan fingerprint density at radius 1 is 1.15 bits per heavy atom. The number of benzene rings is 1. The van der Waals surface area contributed by atoms with Crippen molar-refractivity contribution in [2.45, 2.75) is 18.9 Å². The number of aromatic nitrogens is 6. The summed E-state index contributed by atoms with van der Waals surface area (Å²) in [6.45, 7) is 1.33. The molecule has 9 nitrogen and oxygen atoms in total. The fourth-order valence-electron chi connectivity index (χ4n) is 3.83. The highest BCUT2D eigenvalue weighted by molar-refractivity contribution is 5.94. The average molecular weight is 447 g/mol. The molecule has 1 amide bonds. The third-order valence-corrected chi connectivity index (χ3v) is 5.61. The molecule has 4 heterocycles. The Morgan fingerprint density at radius 2 is 1.97 bits per heavy atom. The van der Waals surface area contributed by atoms with Crippen molar-refractivity contribution in [3.63, 3.8) is 0 Å². The first-order valence-electron chi connectivity index (χ1n) is 10.6. The first kappa shape index (κ1) is 21.0. The summed E-state index contributed by atoms with van der Waals surface area (Å²) >= 11 is 0. The van der Waals surface area contributed by atoms with Crippen molar-refractivity contribution in [2.75, 3.05) is 13.2 Å². The van der Waals surface area contributed by atoms with E-state index in [1.165, 1.54) is 6.07 Å². The van der Waals surface area contributed by atoms with E-state index in [-0.39, 0.29) is 17.8 Å². The van der Waals surface area contributed by atoms with E-state index in [1.807, 2.05) is 0 Å². The van der Waals surface area contributed by atoms with E-state index in [4.69, 9.17) is 4.74 Å². The number of ether oxygens (including phenoxy) is 1. The summed E-state index contributed by atoms with van der Waals surface area (Å²) in [4.78, 5) is 21.4. The Hall–Kier alpha value is -3.92. The van der Waals surface area contributed by atoms with Crippen LogP contribution in [0.25, 0.3) is 28.5 Å². The highest BCUT2D eigenvalue weighted by Gasteiger charge is 2.20. The van der Waals surface area contributed by atoms with Gasteiger partial charge in [0.1, 0.15) is 35.0 Å². The largest absolute Gasteiger partial charge is 0.381 e. The monoisotopic (exact) mass is 447 g/mol. The lowest BCUT2D eigenvalue weighted by atomic mass is 10.1. The summed E-state index contributed by atoms with van der Waals surface area (Å²) in [5.74, 6) is 0.0664. The Kier molecular flexibility index (Phi) is 5.66. The van der Waals surface area contributed by atoms with Gasteiger partial charge in [-0.3, -0.25) is 9.36 Å². The molecule has 0 spiro atoms. The Balaban J connectivity index is 1.37. The highest BCUT2D eigenvalue weighted by Crippen LogP contribution is 2.30. The van der Waals surface area contributed by atoms with Crippen molar-refractivity contribution in [2.24, 2.45) is 7.05 Å². The number of pyridine rings is 1. The number of carbonyl (C=O) groups excluding carboxylic acids is 1. The molecule has 4 aromatic rings. The molecule has 1 aromatic carbocycles. The predicted octanol–water partition coefficient (Wildman–Crippen LogP) is 2.78. The van der Waals surface area contributed by atoms with Gasteiger partial charge >= 0.3 is 0 Å². The van der Waals surface area contributed by atoms with E-state index < -0.39 is 0 Å². The molecule has 0 unspecified atom stereocenters. The third-order valence-electron chi connectivity index (χ3n) is 5.61. The minimum atomic E-state index is -0.380. The van der Waals surface area contributed by atoms with Gasteiger partial charge in [0.05, 0.1) is 5.56 Å². The van der Waals surface area contributed by atoms with Crippen molar-refractivity contribution in [3.8, 4) is 28.5 Å². The molecule has 0 aliphatic carbocycles. The zero-order chi connectivity index (χ0) is 22.8. The summed E-state index contributed by atoms with van der Waals surface area (Å²) < 4.78 is 23.0. The van der Waals surface area contributed by atoms with Gasteiger partial charge in [-0.2, -0.15) is 0 Å². The van der Waals surface area contributed by atoms with Crippen LogP contribution in [0.5, 0.6) is 0 Å². The molecule has 1 fully saturated rings. The molecule has 1 N–H and O–H groups in total. The number of imidazole rings is 1. The minimum Gasteiger partial charge on any atom is -0.381 e. The highest BCUT2D eigenvalue weighted by atomic mass is 19.1. The number of aryl methyl sites for hydroxylation is 1. The second-order valence-electron chi connectivity index (χ2n) is 7.82. The number of nitrogens with zero attached hydrogens (tertiary/aromatic N) is 6. The van der Waals surface area contributed by atoms with Gasteiger partial charge in [-0.05, 0) is 37.1 Å². The predicted molar refractivity (Wildman–Crippen MR) is 118 cm³/mol. The van der Waals surface area contributed by atoms with Crippen LogP contribution in [0, 0.1) is 5.82 Å². The van der Waals surface area contributed by atoms with Crippen LogP contribution >= 0.6 is 0 Å². The summed E-state index contributed by atoms with van der Waals surface area (Å²) in [5.41, 5.74) is 2.42. The summed E-state index contributed by atoms with van der Waals surface area (Å²) in [6.07, 6.45) is 6.55. The molecule has 0 saturated carbocycles. The van der Waals surface area contributed by atoms with Gasteiger partial charge in [0, 0.05) is 44.3 Å². The Morgan fingerprint density at radius 3 is 2.73 bits per heavy atom. The van der Waals surface area contributed by atoms with E-state index in [1.54, 1.807) is 65.3 Å². The lowest BCUT2D eigenvalue weighted by molar-refractivity contribution is 0.0696. The van der Waals surface area contributed by atoms with Crippen LogP contribution in [-0.4, -0.2) is 54.7 Å². The van der Waals surface area contributed by atoms with Crippen LogP contribution in [0.1, 0.15) is 23.2 Å². The van der Waals surface area contributed by atoms with Crippen molar-refractivity contribution < 1.29 is 13.9 Å². The number of nitrogens with one attached hydrogen (secondary N) is 1. The molecular weight excluding hydrogens is 425 g/mol. The third kappa shape index (κ3) is 4.24. The molecule has 0 atom stereocenters. The SMILES string of the molecule is Cn1nnc(-c2ccccc2F)c1-c1cn(-c2ccc(C(=O)NC3CCOCC3)cn2)cn1. The second kappa shape index (κ2) is 8.91. The number of hydrogen-bond donors (Lipinski definition) is 1. The van der Waals surface area contributed by atoms with Crippen LogP contribution in [0.3, 0.4) is 0 Å². The summed E-state index contributed by atoms with van der Waals surface area (Å²) in [6, 6.07) is 10.0.